The Morgan fingerprint density at radius 1 is 1.09 bits per heavy atom. The third-order valence-corrected chi connectivity index (χ3v) is 11.7. The Morgan fingerprint density at radius 3 is 2.17 bits per heavy atom. The molecule has 0 aromatic heterocycles. The van der Waals surface area contributed by atoms with Gasteiger partial charge in [-0.05, 0) is 37.2 Å². The summed E-state index contributed by atoms with van der Waals surface area (Å²) in [5.41, 5.74) is -5.05. The fourth-order valence-corrected chi connectivity index (χ4v) is 4.96. The van der Waals surface area contributed by atoms with Gasteiger partial charge in [0, 0.05) is 17.7 Å². The number of benzene rings is 1. The van der Waals surface area contributed by atoms with Gasteiger partial charge in [-0.15, -0.1) is 0 Å². The van der Waals surface area contributed by atoms with Crippen LogP contribution in [0.25, 0.3) is 0 Å². The predicted octanol–water partition coefficient (Wildman–Crippen LogP) is 4.58. The normalized spacial score (nSPS) is 19.9. The minimum Gasteiger partial charge on any atom is -0.497 e. The predicted molar refractivity (Wildman–Crippen MR) is 126 cm³/mol. The molecule has 1 aliphatic rings. The van der Waals surface area contributed by atoms with Gasteiger partial charge in [0.15, 0.2) is 14.1 Å². The molecule has 13 heteroatoms. The Morgan fingerprint density at radius 2 is 1.69 bits per heavy atom. The summed E-state index contributed by atoms with van der Waals surface area (Å²) in [5.74, 6) is -0.437. The number of nitrogens with zero attached hydrogens (tertiary/aromatic N) is 1. The van der Waals surface area contributed by atoms with E-state index in [0.29, 0.717) is 17.1 Å². The molecule has 1 aromatic rings. The Bertz CT molecular complexity index is 1080. The summed E-state index contributed by atoms with van der Waals surface area (Å²) in [6.45, 7) is 11.1. The quantitative estimate of drug-likeness (QED) is 0.271. The monoisotopic (exact) mass is 539 g/mol. The van der Waals surface area contributed by atoms with E-state index in [1.54, 1.807) is 25.1 Å². The number of hydrogen-bond acceptors (Lipinski definition) is 7. The van der Waals surface area contributed by atoms with Crippen molar-refractivity contribution in [2.24, 2.45) is 0 Å². The summed E-state index contributed by atoms with van der Waals surface area (Å²) < 4.78 is 84.0. The third kappa shape index (κ3) is 6.31. The minimum absolute atomic E-state index is 0.0281. The van der Waals surface area contributed by atoms with E-state index in [1.165, 1.54) is 19.1 Å². The van der Waals surface area contributed by atoms with Crippen molar-refractivity contribution in [2.45, 2.75) is 70.0 Å². The van der Waals surface area contributed by atoms with E-state index in [9.17, 15) is 26.4 Å². The third-order valence-electron chi connectivity index (χ3n) is 6.31. The van der Waals surface area contributed by atoms with Crippen molar-refractivity contribution in [3.8, 4) is 11.5 Å². The average molecular weight is 540 g/mol. The molecule has 0 aliphatic carbocycles. The van der Waals surface area contributed by atoms with Crippen molar-refractivity contribution in [1.29, 1.82) is 0 Å². The van der Waals surface area contributed by atoms with Crippen LogP contribution in [0.4, 0.5) is 13.2 Å². The molecule has 2 rings (SSSR count). The maximum atomic E-state index is 13.1. The molecule has 0 saturated carbocycles. The van der Waals surface area contributed by atoms with Crippen molar-refractivity contribution in [3.05, 3.63) is 35.6 Å². The van der Waals surface area contributed by atoms with Crippen LogP contribution in [0.1, 0.15) is 33.3 Å². The number of halogens is 3. The van der Waals surface area contributed by atoms with Crippen molar-refractivity contribution in [3.63, 3.8) is 0 Å². The Labute approximate surface area is 205 Å². The van der Waals surface area contributed by atoms with Gasteiger partial charge >= 0.3 is 15.6 Å². The number of carbonyl (C=O) groups excluding carboxylic acids is 1. The van der Waals surface area contributed by atoms with Crippen molar-refractivity contribution in [2.75, 3.05) is 14.2 Å². The van der Waals surface area contributed by atoms with Gasteiger partial charge in [-0.25, -0.2) is 0 Å². The van der Waals surface area contributed by atoms with Gasteiger partial charge in [0.2, 0.25) is 0 Å². The number of hydrogen-bond donors (Lipinski definition) is 0. The topological polar surface area (TPSA) is 91.4 Å². The van der Waals surface area contributed by atoms with Gasteiger partial charge in [0.05, 0.1) is 26.8 Å². The molecular weight excluding hydrogens is 507 g/mol. The first-order valence-electron chi connectivity index (χ1n) is 10.8. The molecule has 35 heavy (non-hydrogen) atoms. The van der Waals surface area contributed by atoms with E-state index >= 15 is 0 Å². The average Bonchev–Trinajstić information content (AvgIpc) is 2.72. The first-order valence-corrected chi connectivity index (χ1v) is 15.1. The highest BCUT2D eigenvalue weighted by molar-refractivity contribution is 7.87. The number of ether oxygens (including phenoxy) is 2. The van der Waals surface area contributed by atoms with E-state index in [-0.39, 0.29) is 11.6 Å². The summed E-state index contributed by atoms with van der Waals surface area (Å²) in [6.07, 6.45) is -0.494. The lowest BCUT2D eigenvalue weighted by molar-refractivity contribution is -0.132. The smallest absolute Gasteiger partial charge is 0.497 e. The summed E-state index contributed by atoms with van der Waals surface area (Å²) in [6, 6.07) is 4.16. The fourth-order valence-electron chi connectivity index (χ4n) is 3.17. The summed E-state index contributed by atoms with van der Waals surface area (Å²) in [7, 11) is -5.70. The van der Waals surface area contributed by atoms with Crippen LogP contribution in [0.5, 0.6) is 11.5 Å². The van der Waals surface area contributed by atoms with E-state index < -0.39 is 47.8 Å². The molecule has 0 unspecified atom stereocenters. The molecule has 8 nitrogen and oxygen atoms in total. The first kappa shape index (κ1) is 29.0. The zero-order chi connectivity index (χ0) is 27.0. The van der Waals surface area contributed by atoms with Crippen molar-refractivity contribution >= 4 is 24.3 Å². The van der Waals surface area contributed by atoms with Crippen LogP contribution in [-0.4, -0.2) is 59.4 Å². The van der Waals surface area contributed by atoms with Crippen molar-refractivity contribution in [1.82, 2.24) is 4.90 Å². The maximum Gasteiger partial charge on any atom is 0.534 e. The molecule has 1 amide bonds. The number of methoxy groups -OCH3 is 2. The lowest BCUT2D eigenvalue weighted by Crippen LogP contribution is -2.55. The molecule has 2 atom stereocenters. The van der Waals surface area contributed by atoms with Gasteiger partial charge in [0.25, 0.3) is 5.91 Å². The van der Waals surface area contributed by atoms with E-state index in [1.807, 2.05) is 33.9 Å². The lowest BCUT2D eigenvalue weighted by atomic mass is 10.0. The molecule has 1 aromatic carbocycles. The second-order valence-corrected chi connectivity index (χ2v) is 16.0. The van der Waals surface area contributed by atoms with E-state index in [0.717, 1.165) is 6.08 Å². The summed E-state index contributed by atoms with van der Waals surface area (Å²) in [4.78, 5) is 14.3. The highest BCUT2D eigenvalue weighted by Gasteiger charge is 2.52. The highest BCUT2D eigenvalue weighted by atomic mass is 32.2. The first-order chi connectivity index (χ1) is 15.8. The highest BCUT2D eigenvalue weighted by Crippen LogP contribution is 2.41. The number of carbonyl (C=O) groups is 1. The minimum atomic E-state index is -6.00. The number of alkyl halides is 3. The molecule has 0 N–H and O–H groups in total. The second kappa shape index (κ2) is 10.0. The largest absolute Gasteiger partial charge is 0.534 e. The molecule has 1 aliphatic heterocycles. The van der Waals surface area contributed by atoms with Crippen LogP contribution in [0, 0.1) is 0 Å². The molecule has 198 valence electrons. The Balaban J connectivity index is 2.53. The maximum absolute atomic E-state index is 13.1. The summed E-state index contributed by atoms with van der Waals surface area (Å²) in [5, 5.41) is -0.355. The molecular formula is C22H32F3NO7SSi. The second-order valence-electron chi connectivity index (χ2n) is 9.71. The molecule has 0 radical (unpaired) electrons. The van der Waals surface area contributed by atoms with Crippen LogP contribution in [0.2, 0.25) is 18.1 Å². The zero-order valence-electron chi connectivity index (χ0n) is 21.0. The molecule has 0 fully saturated rings. The van der Waals surface area contributed by atoms with Gasteiger partial charge in [-0.3, -0.25) is 4.79 Å². The number of rotatable bonds is 8. The van der Waals surface area contributed by atoms with Gasteiger partial charge in [-0.1, -0.05) is 20.8 Å². The van der Waals surface area contributed by atoms with Crippen LogP contribution in [-0.2, 0) is 30.1 Å². The SMILES string of the molecule is COc1ccc(CN2C(=O)C=C(OS(=O)(=O)C(F)(F)F)[C@@H](O[Si](C)(C)C(C)(C)C)[C@@H]2C)c(OC)c1. The molecule has 0 bridgehead atoms. The van der Waals surface area contributed by atoms with Gasteiger partial charge in [-0.2, -0.15) is 21.6 Å². The number of amides is 1. The molecule has 0 spiro atoms. The van der Waals surface area contributed by atoms with Gasteiger partial charge in [0.1, 0.15) is 17.6 Å². The zero-order valence-corrected chi connectivity index (χ0v) is 22.8. The standard InChI is InChI=1S/C22H32F3NO7SSi/c1-14-20(33-35(7,8)21(2,3)4)18(32-34(28,29)22(23,24)25)12-19(27)26(14)13-15-9-10-16(30-5)11-17(15)31-6/h9-12,14,20H,13H2,1-8H3/t14-,20-/m0/s1. The summed E-state index contributed by atoms with van der Waals surface area (Å²) >= 11 is 0. The van der Waals surface area contributed by atoms with Crippen LogP contribution >= 0.6 is 0 Å². The van der Waals surface area contributed by atoms with Crippen LogP contribution in [0.15, 0.2) is 30.0 Å². The Hall–Kier alpha value is -2.25. The van der Waals surface area contributed by atoms with E-state index in [2.05, 4.69) is 4.18 Å². The van der Waals surface area contributed by atoms with Crippen molar-refractivity contribution < 1.29 is 44.5 Å². The Kier molecular flexibility index (Phi) is 8.29. The molecule has 1 heterocycles. The van der Waals surface area contributed by atoms with Gasteiger partial charge < -0.3 is 23.0 Å². The molecule has 0 saturated heterocycles. The van der Waals surface area contributed by atoms with Crippen LogP contribution in [0.3, 0.4) is 0 Å². The fraction of sp³-hybridized carbons (Fsp3) is 0.591. The lowest BCUT2D eigenvalue weighted by Gasteiger charge is -2.45. The van der Waals surface area contributed by atoms with Crippen LogP contribution < -0.4 is 9.47 Å². The van der Waals surface area contributed by atoms with E-state index in [4.69, 9.17) is 13.9 Å².